The van der Waals surface area contributed by atoms with Crippen molar-refractivity contribution in [3.05, 3.63) is 24.3 Å². The zero-order chi connectivity index (χ0) is 5.66. The summed E-state index contributed by atoms with van der Waals surface area (Å²) >= 11 is 0. The summed E-state index contributed by atoms with van der Waals surface area (Å²) in [6, 6.07) is 0. The monoisotopic (exact) mass is 107 g/mol. The van der Waals surface area contributed by atoms with E-state index in [0.717, 1.165) is 13.0 Å². The Labute approximate surface area is 49.4 Å². The molecule has 0 radical (unpaired) electrons. The Morgan fingerprint density at radius 1 is 1.12 bits per heavy atom. The minimum absolute atomic E-state index is 0.838. The average molecular weight is 107 g/mol. The summed E-state index contributed by atoms with van der Waals surface area (Å²) in [5, 5.41) is 0. The first-order valence-corrected chi connectivity index (χ1v) is 2.80. The van der Waals surface area contributed by atoms with Crippen LogP contribution < -0.4 is 0 Å². The van der Waals surface area contributed by atoms with Gasteiger partial charge in [-0.2, -0.15) is 0 Å². The maximum atomic E-state index is 4.07. The average Bonchev–Trinajstić information content (AvgIpc) is 1.62. The second-order valence-corrected chi connectivity index (χ2v) is 1.64. The standard InChI is InChI=1S/C7H9N/c1-2-4-6-8-7-5-3-1/h1-4,7H,5-6H2. The van der Waals surface area contributed by atoms with Crippen molar-refractivity contribution in [3.63, 3.8) is 0 Å². The second kappa shape index (κ2) is 3.19. The molecule has 1 rings (SSSR count). The van der Waals surface area contributed by atoms with Crippen molar-refractivity contribution in [2.45, 2.75) is 6.42 Å². The van der Waals surface area contributed by atoms with Crippen LogP contribution in [-0.2, 0) is 0 Å². The molecule has 0 atom stereocenters. The van der Waals surface area contributed by atoms with Gasteiger partial charge in [-0.1, -0.05) is 24.3 Å². The van der Waals surface area contributed by atoms with Gasteiger partial charge in [0.25, 0.3) is 0 Å². The Hall–Kier alpha value is -0.850. The van der Waals surface area contributed by atoms with E-state index in [0.29, 0.717) is 0 Å². The van der Waals surface area contributed by atoms with Crippen LogP contribution in [0, 0.1) is 0 Å². The summed E-state index contributed by atoms with van der Waals surface area (Å²) in [5.41, 5.74) is 0. The van der Waals surface area contributed by atoms with Gasteiger partial charge in [0.1, 0.15) is 0 Å². The van der Waals surface area contributed by atoms with Crippen LogP contribution in [0.4, 0.5) is 0 Å². The molecule has 1 nitrogen and oxygen atoms in total. The molecule has 1 heterocycles. The molecule has 0 amide bonds. The molecule has 0 saturated carbocycles. The lowest BCUT2D eigenvalue weighted by Crippen LogP contribution is -1.77. The predicted molar refractivity (Wildman–Crippen MR) is 36.3 cm³/mol. The number of allylic oxidation sites excluding steroid dienone is 3. The number of hydrogen-bond donors (Lipinski definition) is 0. The fourth-order valence-corrected chi connectivity index (χ4v) is 0.567. The SMILES string of the molecule is C1=CCC=NCC=C1. The Morgan fingerprint density at radius 2 is 2.00 bits per heavy atom. The van der Waals surface area contributed by atoms with E-state index in [2.05, 4.69) is 11.1 Å². The molecule has 1 aliphatic heterocycles. The quantitative estimate of drug-likeness (QED) is 0.445. The molecule has 42 valence electrons. The van der Waals surface area contributed by atoms with Crippen LogP contribution in [0.2, 0.25) is 0 Å². The van der Waals surface area contributed by atoms with Gasteiger partial charge in [-0.05, 0) is 0 Å². The van der Waals surface area contributed by atoms with Gasteiger partial charge in [-0.15, -0.1) is 0 Å². The van der Waals surface area contributed by atoms with Gasteiger partial charge in [0.05, 0.1) is 6.54 Å². The minimum atomic E-state index is 0.838. The summed E-state index contributed by atoms with van der Waals surface area (Å²) in [6.07, 6.45) is 11.1. The smallest absolute Gasteiger partial charge is 0.0569 e. The van der Waals surface area contributed by atoms with Crippen LogP contribution >= 0.6 is 0 Å². The van der Waals surface area contributed by atoms with Crippen molar-refractivity contribution in [1.82, 2.24) is 0 Å². The van der Waals surface area contributed by atoms with Crippen LogP contribution in [0.3, 0.4) is 0 Å². The van der Waals surface area contributed by atoms with E-state index in [1.165, 1.54) is 0 Å². The Morgan fingerprint density at radius 3 is 3.00 bits per heavy atom. The van der Waals surface area contributed by atoms with Gasteiger partial charge in [-0.25, -0.2) is 0 Å². The van der Waals surface area contributed by atoms with Crippen molar-refractivity contribution >= 4 is 6.21 Å². The zero-order valence-corrected chi connectivity index (χ0v) is 4.75. The van der Waals surface area contributed by atoms with Gasteiger partial charge in [0, 0.05) is 12.6 Å². The van der Waals surface area contributed by atoms with E-state index >= 15 is 0 Å². The summed E-state index contributed by atoms with van der Waals surface area (Å²) in [4.78, 5) is 4.07. The molecule has 0 N–H and O–H groups in total. The van der Waals surface area contributed by atoms with Crippen LogP contribution in [0.1, 0.15) is 6.42 Å². The summed E-state index contributed by atoms with van der Waals surface area (Å²) in [6.45, 7) is 0.838. The molecule has 0 spiro atoms. The Balaban J connectivity index is 2.51. The first-order valence-electron chi connectivity index (χ1n) is 2.80. The first-order chi connectivity index (χ1) is 4.00. The lowest BCUT2D eigenvalue weighted by molar-refractivity contribution is 1.23. The van der Waals surface area contributed by atoms with Crippen molar-refractivity contribution in [3.8, 4) is 0 Å². The third-order valence-corrected chi connectivity index (χ3v) is 0.965. The largest absolute Gasteiger partial charge is 0.293 e. The summed E-state index contributed by atoms with van der Waals surface area (Å²) in [7, 11) is 0. The lowest BCUT2D eigenvalue weighted by Gasteiger charge is -1.85. The van der Waals surface area contributed by atoms with E-state index in [1.54, 1.807) is 0 Å². The second-order valence-electron chi connectivity index (χ2n) is 1.64. The van der Waals surface area contributed by atoms with Crippen molar-refractivity contribution in [2.24, 2.45) is 4.99 Å². The van der Waals surface area contributed by atoms with E-state index in [1.807, 2.05) is 24.4 Å². The van der Waals surface area contributed by atoms with Gasteiger partial charge in [-0.3, -0.25) is 4.99 Å². The van der Waals surface area contributed by atoms with Crippen LogP contribution in [-0.4, -0.2) is 12.8 Å². The van der Waals surface area contributed by atoms with Gasteiger partial charge in [0.2, 0.25) is 0 Å². The van der Waals surface area contributed by atoms with Crippen LogP contribution in [0.5, 0.6) is 0 Å². The minimum Gasteiger partial charge on any atom is -0.293 e. The maximum absolute atomic E-state index is 4.07. The highest BCUT2D eigenvalue weighted by molar-refractivity contribution is 5.59. The molecule has 0 aromatic carbocycles. The highest BCUT2D eigenvalue weighted by atomic mass is 14.7. The molecular formula is C7H9N. The van der Waals surface area contributed by atoms with Gasteiger partial charge >= 0.3 is 0 Å². The summed E-state index contributed by atoms with van der Waals surface area (Å²) < 4.78 is 0. The predicted octanol–water partition coefficient (Wildman–Crippen LogP) is 1.57. The molecule has 1 aliphatic rings. The van der Waals surface area contributed by atoms with Gasteiger partial charge in [0.15, 0.2) is 0 Å². The number of aliphatic imine (C=N–C) groups is 1. The highest BCUT2D eigenvalue weighted by Crippen LogP contribution is 1.86. The molecule has 0 saturated heterocycles. The van der Waals surface area contributed by atoms with E-state index < -0.39 is 0 Å². The van der Waals surface area contributed by atoms with E-state index in [-0.39, 0.29) is 0 Å². The van der Waals surface area contributed by atoms with E-state index in [9.17, 15) is 0 Å². The Kier molecular flexibility index (Phi) is 2.11. The third-order valence-electron chi connectivity index (χ3n) is 0.965. The first kappa shape index (κ1) is 5.29. The van der Waals surface area contributed by atoms with Crippen molar-refractivity contribution < 1.29 is 0 Å². The molecule has 0 aromatic rings. The zero-order valence-electron chi connectivity index (χ0n) is 4.75. The fourth-order valence-electron chi connectivity index (χ4n) is 0.567. The van der Waals surface area contributed by atoms with Crippen LogP contribution in [0.25, 0.3) is 0 Å². The third kappa shape index (κ3) is 1.73. The molecule has 0 bridgehead atoms. The lowest BCUT2D eigenvalue weighted by atomic mass is 10.3. The highest BCUT2D eigenvalue weighted by Gasteiger charge is 1.74. The molecule has 0 unspecified atom stereocenters. The fraction of sp³-hybridized carbons (Fsp3) is 0.286. The molecule has 8 heavy (non-hydrogen) atoms. The number of hydrogen-bond acceptors (Lipinski definition) is 1. The van der Waals surface area contributed by atoms with Crippen molar-refractivity contribution in [2.75, 3.05) is 6.54 Å². The molecule has 0 aromatic heterocycles. The van der Waals surface area contributed by atoms with Crippen molar-refractivity contribution in [1.29, 1.82) is 0 Å². The maximum Gasteiger partial charge on any atom is 0.0569 e. The molecular weight excluding hydrogens is 98.1 g/mol. The van der Waals surface area contributed by atoms with Gasteiger partial charge < -0.3 is 0 Å². The Bertz CT molecular complexity index is 115. The summed E-state index contributed by atoms with van der Waals surface area (Å²) in [5.74, 6) is 0. The normalized spacial score (nSPS) is 18.0. The van der Waals surface area contributed by atoms with Crippen LogP contribution in [0.15, 0.2) is 29.3 Å². The number of nitrogens with zero attached hydrogens (tertiary/aromatic N) is 1. The topological polar surface area (TPSA) is 12.4 Å². The number of rotatable bonds is 0. The molecule has 1 heteroatoms. The molecule has 0 aliphatic carbocycles. The van der Waals surface area contributed by atoms with E-state index in [4.69, 9.17) is 0 Å². The molecule has 0 fully saturated rings.